The van der Waals surface area contributed by atoms with E-state index in [9.17, 15) is 9.59 Å². The highest BCUT2D eigenvalue weighted by Gasteiger charge is 2.28. The second-order valence-electron chi connectivity index (χ2n) is 5.60. The van der Waals surface area contributed by atoms with Gasteiger partial charge in [-0.2, -0.15) is 5.10 Å². The molecule has 1 aliphatic rings. The molecule has 0 saturated carbocycles. The maximum atomic E-state index is 12.4. The third-order valence-electron chi connectivity index (χ3n) is 3.54. The number of nitrogens with zero attached hydrogens (tertiary/aromatic N) is 2. The quantitative estimate of drug-likeness (QED) is 0.828. The number of nitrogens with one attached hydrogen (secondary N) is 2. The molecule has 0 bridgehead atoms. The zero-order valence-electron chi connectivity index (χ0n) is 12.7. The van der Waals surface area contributed by atoms with Crippen LogP contribution in [0.1, 0.15) is 42.4 Å². The van der Waals surface area contributed by atoms with Crippen LogP contribution in [-0.4, -0.2) is 59.8 Å². The number of hydrogen-bond acceptors (Lipinski definition) is 4. The van der Waals surface area contributed by atoms with E-state index in [2.05, 4.69) is 15.5 Å². The summed E-state index contributed by atoms with van der Waals surface area (Å²) in [6.45, 7) is 5.25. The predicted octanol–water partition coefficient (Wildman–Crippen LogP) is 0.510. The first-order chi connectivity index (χ1) is 10.0. The van der Waals surface area contributed by atoms with Crippen molar-refractivity contribution in [1.29, 1.82) is 0 Å². The van der Waals surface area contributed by atoms with Gasteiger partial charge >= 0.3 is 0 Å². The molecular weight excluding hydrogens is 272 g/mol. The Morgan fingerprint density at radius 1 is 1.57 bits per heavy atom. The Balaban J connectivity index is 1.91. The molecule has 7 heteroatoms. The van der Waals surface area contributed by atoms with Crippen LogP contribution in [0.25, 0.3) is 0 Å². The lowest BCUT2D eigenvalue weighted by Gasteiger charge is -2.16. The first kappa shape index (κ1) is 15.5. The fourth-order valence-corrected chi connectivity index (χ4v) is 2.38. The van der Waals surface area contributed by atoms with E-state index in [-0.39, 0.29) is 30.4 Å². The van der Waals surface area contributed by atoms with Crippen molar-refractivity contribution in [2.24, 2.45) is 0 Å². The molecule has 2 rings (SSSR count). The minimum Gasteiger partial charge on any atom is -0.375 e. The highest BCUT2D eigenvalue weighted by atomic mass is 16.5. The van der Waals surface area contributed by atoms with Gasteiger partial charge in [-0.1, -0.05) is 13.8 Å². The molecule has 7 nitrogen and oxygen atoms in total. The molecule has 1 atom stereocenters. The van der Waals surface area contributed by atoms with Gasteiger partial charge in [0.15, 0.2) is 0 Å². The number of H-pyrrole nitrogens is 1. The summed E-state index contributed by atoms with van der Waals surface area (Å²) in [4.78, 5) is 25.6. The molecule has 1 aromatic rings. The number of aromatic nitrogens is 2. The third kappa shape index (κ3) is 3.81. The molecule has 0 radical (unpaired) electrons. The van der Waals surface area contributed by atoms with Crippen LogP contribution in [-0.2, 0) is 9.53 Å². The van der Waals surface area contributed by atoms with Crippen LogP contribution >= 0.6 is 0 Å². The van der Waals surface area contributed by atoms with Crippen molar-refractivity contribution in [2.75, 3.05) is 26.8 Å². The number of amides is 2. The van der Waals surface area contributed by atoms with Crippen LogP contribution in [0.5, 0.6) is 0 Å². The predicted molar refractivity (Wildman–Crippen MR) is 77.0 cm³/mol. The molecule has 2 N–H and O–H groups in total. The molecule has 0 aromatic carbocycles. The van der Waals surface area contributed by atoms with Crippen molar-refractivity contribution in [2.45, 2.75) is 32.2 Å². The number of rotatable bonds is 5. The molecule has 2 amide bonds. The Bertz CT molecular complexity index is 512. The smallest absolute Gasteiger partial charge is 0.271 e. The number of hydrogen-bond donors (Lipinski definition) is 2. The van der Waals surface area contributed by atoms with Crippen LogP contribution in [0.2, 0.25) is 0 Å². The van der Waals surface area contributed by atoms with E-state index < -0.39 is 0 Å². The number of ether oxygens (including phenoxy) is 1. The van der Waals surface area contributed by atoms with Gasteiger partial charge in [0.25, 0.3) is 5.91 Å². The van der Waals surface area contributed by atoms with E-state index in [1.54, 1.807) is 11.0 Å². The monoisotopic (exact) mass is 294 g/mol. The van der Waals surface area contributed by atoms with E-state index in [1.807, 2.05) is 13.8 Å². The number of aromatic amines is 1. The zero-order chi connectivity index (χ0) is 15.4. The van der Waals surface area contributed by atoms with Crippen molar-refractivity contribution in [3.05, 3.63) is 17.5 Å². The highest BCUT2D eigenvalue weighted by Crippen LogP contribution is 2.16. The third-order valence-corrected chi connectivity index (χ3v) is 3.54. The van der Waals surface area contributed by atoms with E-state index in [4.69, 9.17) is 4.74 Å². The Morgan fingerprint density at radius 2 is 2.33 bits per heavy atom. The Labute approximate surface area is 124 Å². The first-order valence-corrected chi connectivity index (χ1v) is 7.14. The Hall–Kier alpha value is -1.89. The molecular formula is C14H22N4O3. The standard InChI is InChI=1S/C14H22N4O3/c1-9(2)11-6-12(17-16-11)14(20)18-5-4-10(7-18)15-13(19)8-21-3/h6,9-10H,4-5,7-8H2,1-3H3,(H,15,19)(H,16,17). The van der Waals surface area contributed by atoms with Crippen molar-refractivity contribution < 1.29 is 14.3 Å². The second-order valence-corrected chi connectivity index (χ2v) is 5.60. The van der Waals surface area contributed by atoms with Crippen LogP contribution in [0, 0.1) is 0 Å². The summed E-state index contributed by atoms with van der Waals surface area (Å²) in [5, 5.41) is 9.79. The minimum atomic E-state index is -0.152. The van der Waals surface area contributed by atoms with Gasteiger partial charge < -0.3 is 15.0 Å². The largest absolute Gasteiger partial charge is 0.375 e. The summed E-state index contributed by atoms with van der Waals surface area (Å²) < 4.78 is 4.78. The zero-order valence-corrected chi connectivity index (χ0v) is 12.7. The van der Waals surface area contributed by atoms with E-state index in [0.717, 1.165) is 12.1 Å². The molecule has 1 aliphatic heterocycles. The topological polar surface area (TPSA) is 87.3 Å². The summed E-state index contributed by atoms with van der Waals surface area (Å²) in [6.07, 6.45) is 0.756. The summed E-state index contributed by atoms with van der Waals surface area (Å²) in [5.41, 5.74) is 1.38. The van der Waals surface area contributed by atoms with Gasteiger partial charge in [0.1, 0.15) is 12.3 Å². The SMILES string of the molecule is COCC(=O)NC1CCN(C(=O)c2cc(C(C)C)n[nH]2)C1. The average Bonchev–Trinajstić information content (AvgIpc) is 3.06. The van der Waals surface area contributed by atoms with Crippen molar-refractivity contribution >= 4 is 11.8 Å². The molecule has 1 unspecified atom stereocenters. The normalized spacial score (nSPS) is 18.3. The van der Waals surface area contributed by atoms with E-state index in [1.165, 1.54) is 7.11 Å². The average molecular weight is 294 g/mol. The summed E-state index contributed by atoms with van der Waals surface area (Å²) in [7, 11) is 1.48. The Kier molecular flexibility index (Phi) is 4.95. The lowest BCUT2D eigenvalue weighted by atomic mass is 10.1. The van der Waals surface area contributed by atoms with E-state index >= 15 is 0 Å². The van der Waals surface area contributed by atoms with Crippen molar-refractivity contribution in [3.63, 3.8) is 0 Å². The highest BCUT2D eigenvalue weighted by molar-refractivity contribution is 5.92. The molecule has 0 spiro atoms. The maximum absolute atomic E-state index is 12.4. The fraction of sp³-hybridized carbons (Fsp3) is 0.643. The van der Waals surface area contributed by atoms with Crippen LogP contribution < -0.4 is 5.32 Å². The van der Waals surface area contributed by atoms with Gasteiger partial charge in [-0.3, -0.25) is 14.7 Å². The Morgan fingerprint density at radius 3 is 2.95 bits per heavy atom. The lowest BCUT2D eigenvalue weighted by molar-refractivity contribution is -0.125. The first-order valence-electron chi connectivity index (χ1n) is 7.14. The second kappa shape index (κ2) is 6.71. The van der Waals surface area contributed by atoms with Gasteiger partial charge in [0, 0.05) is 26.2 Å². The lowest BCUT2D eigenvalue weighted by Crippen LogP contribution is -2.40. The van der Waals surface area contributed by atoms with Crippen molar-refractivity contribution in [3.8, 4) is 0 Å². The van der Waals surface area contributed by atoms with Crippen LogP contribution in [0.3, 0.4) is 0 Å². The van der Waals surface area contributed by atoms with E-state index in [0.29, 0.717) is 18.8 Å². The molecule has 1 aromatic heterocycles. The van der Waals surface area contributed by atoms with Crippen molar-refractivity contribution in [1.82, 2.24) is 20.4 Å². The number of likely N-dealkylation sites (tertiary alicyclic amines) is 1. The number of methoxy groups -OCH3 is 1. The number of carbonyl (C=O) groups is 2. The van der Waals surface area contributed by atoms with Gasteiger partial charge in [0.2, 0.25) is 5.91 Å². The molecule has 116 valence electrons. The van der Waals surface area contributed by atoms with Gasteiger partial charge in [-0.15, -0.1) is 0 Å². The van der Waals surface area contributed by atoms with Crippen LogP contribution in [0.15, 0.2) is 6.07 Å². The molecule has 1 saturated heterocycles. The summed E-state index contributed by atoms with van der Waals surface area (Å²) >= 11 is 0. The fourth-order valence-electron chi connectivity index (χ4n) is 2.38. The molecule has 2 heterocycles. The molecule has 1 fully saturated rings. The summed E-state index contributed by atoms with van der Waals surface area (Å²) in [5.74, 6) is 0.0563. The van der Waals surface area contributed by atoms with Gasteiger partial charge in [-0.25, -0.2) is 0 Å². The minimum absolute atomic E-state index is 0.0101. The molecule has 21 heavy (non-hydrogen) atoms. The summed E-state index contributed by atoms with van der Waals surface area (Å²) in [6, 6.07) is 1.79. The van der Waals surface area contributed by atoms with Crippen LogP contribution in [0.4, 0.5) is 0 Å². The maximum Gasteiger partial charge on any atom is 0.271 e. The van der Waals surface area contributed by atoms with Gasteiger partial charge in [0.05, 0.1) is 5.69 Å². The van der Waals surface area contributed by atoms with Gasteiger partial charge in [-0.05, 0) is 18.4 Å². The number of carbonyl (C=O) groups excluding carboxylic acids is 2. The molecule has 0 aliphatic carbocycles.